The standard InChI is InChI=1S/C14H20N6O2/c1-3-12-16-14(22-18-12)9-19-6-4-11(8-19)20-7-5-13(17-20)15-10(2)21/h5,7,11H,3-4,6,8-9H2,1-2H3,(H,15,17,21)/t11-/m1/s1. The van der Waals surface area contributed by atoms with Crippen LogP contribution in [0.15, 0.2) is 16.8 Å². The number of anilines is 1. The third-order valence-corrected chi connectivity index (χ3v) is 3.72. The van der Waals surface area contributed by atoms with Crippen LogP contribution in [0.4, 0.5) is 5.82 Å². The smallest absolute Gasteiger partial charge is 0.240 e. The maximum absolute atomic E-state index is 11.0. The van der Waals surface area contributed by atoms with Gasteiger partial charge in [-0.3, -0.25) is 14.4 Å². The van der Waals surface area contributed by atoms with Crippen molar-refractivity contribution in [2.45, 2.75) is 39.3 Å². The van der Waals surface area contributed by atoms with Crippen molar-refractivity contribution >= 4 is 11.7 Å². The molecule has 8 nitrogen and oxygen atoms in total. The minimum Gasteiger partial charge on any atom is -0.338 e. The summed E-state index contributed by atoms with van der Waals surface area (Å²) in [6, 6.07) is 2.12. The van der Waals surface area contributed by atoms with Crippen molar-refractivity contribution < 1.29 is 9.32 Å². The Hall–Kier alpha value is -2.22. The molecule has 1 fully saturated rings. The lowest BCUT2D eigenvalue weighted by Crippen LogP contribution is -2.21. The third kappa shape index (κ3) is 3.33. The van der Waals surface area contributed by atoms with Gasteiger partial charge in [-0.1, -0.05) is 12.1 Å². The number of hydrogen-bond acceptors (Lipinski definition) is 6. The molecule has 0 unspecified atom stereocenters. The van der Waals surface area contributed by atoms with Gasteiger partial charge in [-0.15, -0.1) is 0 Å². The van der Waals surface area contributed by atoms with E-state index in [1.165, 1.54) is 6.92 Å². The Morgan fingerprint density at radius 1 is 1.55 bits per heavy atom. The first-order chi connectivity index (χ1) is 10.6. The van der Waals surface area contributed by atoms with Crippen molar-refractivity contribution in [1.82, 2.24) is 24.8 Å². The normalized spacial score (nSPS) is 18.7. The molecular weight excluding hydrogens is 284 g/mol. The van der Waals surface area contributed by atoms with Crippen molar-refractivity contribution in [2.75, 3.05) is 18.4 Å². The van der Waals surface area contributed by atoms with E-state index in [-0.39, 0.29) is 5.91 Å². The summed E-state index contributed by atoms with van der Waals surface area (Å²) in [5.41, 5.74) is 0. The van der Waals surface area contributed by atoms with E-state index < -0.39 is 0 Å². The maximum atomic E-state index is 11.0. The predicted octanol–water partition coefficient (Wildman–Crippen LogP) is 1.23. The average molecular weight is 304 g/mol. The number of nitrogens with one attached hydrogen (secondary N) is 1. The number of likely N-dealkylation sites (tertiary alicyclic amines) is 1. The van der Waals surface area contributed by atoms with Crippen molar-refractivity contribution in [1.29, 1.82) is 0 Å². The summed E-state index contributed by atoms with van der Waals surface area (Å²) in [6.07, 6.45) is 3.70. The van der Waals surface area contributed by atoms with E-state index >= 15 is 0 Å². The molecule has 1 atom stereocenters. The number of carbonyl (C=O) groups is 1. The number of aromatic nitrogens is 4. The van der Waals surface area contributed by atoms with Crippen molar-refractivity contribution in [3.05, 3.63) is 24.0 Å². The fourth-order valence-electron chi connectivity index (χ4n) is 2.65. The van der Waals surface area contributed by atoms with Crippen LogP contribution in [-0.2, 0) is 17.8 Å². The molecule has 2 aromatic rings. The summed E-state index contributed by atoms with van der Waals surface area (Å²) in [7, 11) is 0. The lowest BCUT2D eigenvalue weighted by atomic mass is 10.3. The number of rotatable bonds is 5. The minimum absolute atomic E-state index is 0.110. The van der Waals surface area contributed by atoms with Gasteiger partial charge in [0.05, 0.1) is 12.6 Å². The molecule has 0 spiro atoms. The highest BCUT2D eigenvalue weighted by atomic mass is 16.5. The monoisotopic (exact) mass is 304 g/mol. The predicted molar refractivity (Wildman–Crippen MR) is 79.1 cm³/mol. The largest absolute Gasteiger partial charge is 0.338 e. The van der Waals surface area contributed by atoms with E-state index in [2.05, 4.69) is 25.5 Å². The summed E-state index contributed by atoms with van der Waals surface area (Å²) >= 11 is 0. The highest BCUT2D eigenvalue weighted by Gasteiger charge is 2.26. The summed E-state index contributed by atoms with van der Waals surface area (Å²) in [6.45, 7) is 5.99. The quantitative estimate of drug-likeness (QED) is 0.894. The minimum atomic E-state index is -0.110. The van der Waals surface area contributed by atoms with Gasteiger partial charge >= 0.3 is 0 Å². The second-order valence-electron chi connectivity index (χ2n) is 5.50. The maximum Gasteiger partial charge on any atom is 0.240 e. The number of nitrogens with zero attached hydrogens (tertiary/aromatic N) is 5. The van der Waals surface area contributed by atoms with Gasteiger partial charge in [0.15, 0.2) is 11.6 Å². The Kier molecular flexibility index (Phi) is 4.19. The van der Waals surface area contributed by atoms with E-state index in [4.69, 9.17) is 4.52 Å². The third-order valence-electron chi connectivity index (χ3n) is 3.72. The lowest BCUT2D eigenvalue weighted by Gasteiger charge is -2.13. The van der Waals surface area contributed by atoms with E-state index in [0.717, 1.165) is 31.8 Å². The van der Waals surface area contributed by atoms with Crippen LogP contribution in [0, 0.1) is 0 Å². The van der Waals surface area contributed by atoms with Gasteiger partial charge in [0, 0.05) is 38.7 Å². The summed E-state index contributed by atoms with van der Waals surface area (Å²) < 4.78 is 7.15. The second kappa shape index (κ2) is 6.27. The lowest BCUT2D eigenvalue weighted by molar-refractivity contribution is -0.114. The fourth-order valence-corrected chi connectivity index (χ4v) is 2.65. The molecule has 1 amide bonds. The first kappa shape index (κ1) is 14.7. The molecule has 1 N–H and O–H groups in total. The van der Waals surface area contributed by atoms with E-state index in [1.54, 1.807) is 0 Å². The molecule has 3 heterocycles. The first-order valence-electron chi connectivity index (χ1n) is 7.50. The molecular formula is C14H20N6O2. The van der Waals surface area contributed by atoms with Crippen LogP contribution >= 0.6 is 0 Å². The van der Waals surface area contributed by atoms with Crippen LogP contribution in [0.3, 0.4) is 0 Å². The summed E-state index contributed by atoms with van der Waals surface area (Å²) in [5.74, 6) is 1.89. The highest BCUT2D eigenvalue weighted by Crippen LogP contribution is 2.23. The van der Waals surface area contributed by atoms with Crippen LogP contribution in [-0.4, -0.2) is 43.8 Å². The van der Waals surface area contributed by atoms with E-state index in [9.17, 15) is 4.79 Å². The van der Waals surface area contributed by atoms with Crippen LogP contribution in [0.2, 0.25) is 0 Å². The zero-order valence-corrected chi connectivity index (χ0v) is 12.8. The van der Waals surface area contributed by atoms with Crippen molar-refractivity contribution in [3.63, 3.8) is 0 Å². The fraction of sp³-hybridized carbons (Fsp3) is 0.571. The molecule has 0 bridgehead atoms. The molecule has 118 valence electrons. The molecule has 1 aliphatic heterocycles. The number of carbonyl (C=O) groups excluding carboxylic acids is 1. The molecule has 0 aromatic carbocycles. The Morgan fingerprint density at radius 3 is 3.14 bits per heavy atom. The molecule has 22 heavy (non-hydrogen) atoms. The zero-order valence-electron chi connectivity index (χ0n) is 12.8. The van der Waals surface area contributed by atoms with Gasteiger partial charge in [0.25, 0.3) is 0 Å². The van der Waals surface area contributed by atoms with E-state index in [0.29, 0.717) is 24.3 Å². The van der Waals surface area contributed by atoms with Gasteiger partial charge in [-0.25, -0.2) is 0 Å². The molecule has 2 aromatic heterocycles. The first-order valence-corrected chi connectivity index (χ1v) is 7.50. The Labute approximate surface area is 128 Å². The van der Waals surface area contributed by atoms with Crippen LogP contribution < -0.4 is 5.32 Å². The number of aryl methyl sites for hydroxylation is 1. The van der Waals surface area contributed by atoms with Gasteiger partial charge in [-0.05, 0) is 6.42 Å². The number of hydrogen-bond donors (Lipinski definition) is 1. The molecule has 8 heteroatoms. The molecule has 1 saturated heterocycles. The van der Waals surface area contributed by atoms with Gasteiger partial charge in [-0.2, -0.15) is 10.1 Å². The molecule has 0 saturated carbocycles. The molecule has 0 radical (unpaired) electrons. The van der Waals surface area contributed by atoms with E-state index in [1.807, 2.05) is 23.9 Å². The van der Waals surface area contributed by atoms with Crippen molar-refractivity contribution in [3.8, 4) is 0 Å². The average Bonchev–Trinajstić information content (AvgIpc) is 3.18. The molecule has 0 aliphatic carbocycles. The van der Waals surface area contributed by atoms with Crippen LogP contribution in [0.1, 0.15) is 38.0 Å². The summed E-state index contributed by atoms with van der Waals surface area (Å²) in [5, 5.41) is 11.0. The topological polar surface area (TPSA) is 89.1 Å². The highest BCUT2D eigenvalue weighted by molar-refractivity contribution is 5.87. The van der Waals surface area contributed by atoms with Gasteiger partial charge in [0.2, 0.25) is 11.8 Å². The van der Waals surface area contributed by atoms with Crippen molar-refractivity contribution in [2.24, 2.45) is 0 Å². The van der Waals surface area contributed by atoms with Crippen LogP contribution in [0.5, 0.6) is 0 Å². The Bertz CT molecular complexity index is 649. The summed E-state index contributed by atoms with van der Waals surface area (Å²) in [4.78, 5) is 17.6. The van der Waals surface area contributed by atoms with Crippen LogP contribution in [0.25, 0.3) is 0 Å². The number of amides is 1. The Balaban J connectivity index is 1.57. The molecule has 3 rings (SSSR count). The second-order valence-corrected chi connectivity index (χ2v) is 5.50. The van der Waals surface area contributed by atoms with Gasteiger partial charge in [0.1, 0.15) is 0 Å². The zero-order chi connectivity index (χ0) is 15.5. The van der Waals surface area contributed by atoms with Gasteiger partial charge < -0.3 is 9.84 Å². The SMILES string of the molecule is CCc1noc(CN2CC[C@@H](n3ccc(NC(C)=O)n3)C2)n1. The molecule has 1 aliphatic rings. The Morgan fingerprint density at radius 2 is 2.41 bits per heavy atom.